The first-order valence-corrected chi connectivity index (χ1v) is 13.0. The lowest BCUT2D eigenvalue weighted by atomic mass is 9.73. The van der Waals surface area contributed by atoms with Gasteiger partial charge in [0.1, 0.15) is 0 Å². The van der Waals surface area contributed by atoms with Crippen molar-refractivity contribution in [2.24, 2.45) is 17.8 Å². The molecule has 0 unspecified atom stereocenters. The smallest absolute Gasteiger partial charge is 0.166 e. The van der Waals surface area contributed by atoms with Crippen LogP contribution in [0.25, 0.3) is 10.8 Å². The van der Waals surface area contributed by atoms with E-state index in [0.717, 1.165) is 48.0 Å². The molecule has 170 valence electrons. The number of halogens is 2. The standard InChI is InChI=1S/C29H40F2/c1-3-5-21-6-8-22(9-7-21)10-11-23-13-15-24(16-14-23)27-19-25-17-12-20(4-2)18-26(25)28(30)29(27)31/h12,17-19,21-24H,3-11,13-16H2,1-2H3. The minimum atomic E-state index is -0.649. The molecule has 2 aromatic rings. The fourth-order valence-corrected chi connectivity index (χ4v) is 6.36. The predicted molar refractivity (Wildman–Crippen MR) is 128 cm³/mol. The zero-order chi connectivity index (χ0) is 21.8. The monoisotopic (exact) mass is 426 g/mol. The van der Waals surface area contributed by atoms with Gasteiger partial charge in [0.15, 0.2) is 11.6 Å². The molecule has 0 nitrogen and oxygen atoms in total. The molecule has 2 fully saturated rings. The summed E-state index contributed by atoms with van der Waals surface area (Å²) in [5, 5.41) is 1.27. The van der Waals surface area contributed by atoms with E-state index in [1.165, 1.54) is 64.2 Å². The first-order valence-electron chi connectivity index (χ1n) is 13.0. The summed E-state index contributed by atoms with van der Waals surface area (Å²) in [6.07, 6.45) is 16.4. The minimum Gasteiger partial charge on any atom is -0.203 e. The first kappa shape index (κ1) is 22.7. The Hall–Kier alpha value is -1.44. The molecule has 2 aliphatic rings. The van der Waals surface area contributed by atoms with Gasteiger partial charge in [0.05, 0.1) is 0 Å². The Bertz CT molecular complexity index is 855. The molecule has 0 heterocycles. The average molecular weight is 427 g/mol. The van der Waals surface area contributed by atoms with E-state index in [-0.39, 0.29) is 5.92 Å². The summed E-state index contributed by atoms with van der Waals surface area (Å²) in [6.45, 7) is 4.35. The van der Waals surface area contributed by atoms with Gasteiger partial charge in [-0.25, -0.2) is 8.78 Å². The van der Waals surface area contributed by atoms with Gasteiger partial charge in [-0.3, -0.25) is 0 Å². The number of hydrogen-bond acceptors (Lipinski definition) is 0. The van der Waals surface area contributed by atoms with Gasteiger partial charge in [0.2, 0.25) is 0 Å². The second-order valence-corrected chi connectivity index (χ2v) is 10.5. The maximum absolute atomic E-state index is 15.0. The number of rotatable bonds is 7. The highest BCUT2D eigenvalue weighted by atomic mass is 19.2. The van der Waals surface area contributed by atoms with Crippen molar-refractivity contribution in [2.75, 3.05) is 0 Å². The van der Waals surface area contributed by atoms with Crippen molar-refractivity contribution in [1.29, 1.82) is 0 Å². The molecule has 4 rings (SSSR count). The Morgan fingerprint density at radius 2 is 1.29 bits per heavy atom. The van der Waals surface area contributed by atoms with E-state index in [4.69, 9.17) is 0 Å². The quantitative estimate of drug-likeness (QED) is 0.414. The average Bonchev–Trinajstić information content (AvgIpc) is 2.81. The van der Waals surface area contributed by atoms with Crippen molar-refractivity contribution in [2.45, 2.75) is 103 Å². The molecule has 0 radical (unpaired) electrons. The third kappa shape index (κ3) is 5.32. The molecule has 2 aromatic carbocycles. The van der Waals surface area contributed by atoms with Gasteiger partial charge in [-0.2, -0.15) is 0 Å². The number of hydrogen-bond donors (Lipinski definition) is 0. The van der Waals surface area contributed by atoms with Crippen LogP contribution in [0, 0.1) is 29.4 Å². The molecule has 0 aromatic heterocycles. The molecule has 31 heavy (non-hydrogen) atoms. The molecular weight excluding hydrogens is 386 g/mol. The van der Waals surface area contributed by atoms with E-state index in [0.29, 0.717) is 10.9 Å². The van der Waals surface area contributed by atoms with E-state index < -0.39 is 11.6 Å². The van der Waals surface area contributed by atoms with Gasteiger partial charge in [0, 0.05) is 5.39 Å². The second kappa shape index (κ2) is 10.5. The SMILES string of the molecule is CCCC1CCC(CCC2CCC(c3cc4ccc(CC)cc4c(F)c3F)CC2)CC1. The summed E-state index contributed by atoms with van der Waals surface area (Å²) in [5.41, 5.74) is 1.67. The van der Waals surface area contributed by atoms with Crippen LogP contribution in [0.4, 0.5) is 8.78 Å². The molecule has 0 aliphatic heterocycles. The van der Waals surface area contributed by atoms with Gasteiger partial charge >= 0.3 is 0 Å². The van der Waals surface area contributed by atoms with Gasteiger partial charge in [-0.05, 0) is 84.4 Å². The van der Waals surface area contributed by atoms with Crippen LogP contribution >= 0.6 is 0 Å². The highest BCUT2D eigenvalue weighted by Gasteiger charge is 2.28. The summed E-state index contributed by atoms with van der Waals surface area (Å²) in [4.78, 5) is 0. The predicted octanol–water partition coefficient (Wildman–Crippen LogP) is 9.34. The van der Waals surface area contributed by atoms with Gasteiger partial charge in [-0.1, -0.05) is 77.3 Å². The molecule has 0 amide bonds. The summed E-state index contributed by atoms with van der Waals surface area (Å²) in [6, 6.07) is 7.73. The summed E-state index contributed by atoms with van der Waals surface area (Å²) >= 11 is 0. The normalized spacial score (nSPS) is 27.0. The molecule has 0 bridgehead atoms. The van der Waals surface area contributed by atoms with Gasteiger partial charge in [0.25, 0.3) is 0 Å². The van der Waals surface area contributed by atoms with E-state index >= 15 is 0 Å². The van der Waals surface area contributed by atoms with Crippen LogP contribution in [0.5, 0.6) is 0 Å². The summed E-state index contributed by atoms with van der Waals surface area (Å²) in [5.74, 6) is 1.63. The summed E-state index contributed by atoms with van der Waals surface area (Å²) in [7, 11) is 0. The second-order valence-electron chi connectivity index (χ2n) is 10.5. The van der Waals surface area contributed by atoms with Crippen molar-refractivity contribution >= 4 is 10.8 Å². The third-order valence-electron chi connectivity index (χ3n) is 8.45. The Balaban J connectivity index is 1.32. The zero-order valence-electron chi connectivity index (χ0n) is 19.6. The first-order chi connectivity index (χ1) is 15.1. The number of fused-ring (bicyclic) bond motifs is 1. The summed E-state index contributed by atoms with van der Waals surface area (Å²) < 4.78 is 29.8. The highest BCUT2D eigenvalue weighted by molar-refractivity contribution is 5.85. The van der Waals surface area contributed by atoms with Crippen LogP contribution in [0.2, 0.25) is 0 Å². The van der Waals surface area contributed by atoms with Gasteiger partial charge < -0.3 is 0 Å². The number of aryl methyl sites for hydroxylation is 1. The zero-order valence-corrected chi connectivity index (χ0v) is 19.6. The lowest BCUT2D eigenvalue weighted by molar-refractivity contribution is 0.223. The Kier molecular flexibility index (Phi) is 7.67. The molecule has 0 saturated heterocycles. The van der Waals surface area contributed by atoms with E-state index in [1.807, 2.05) is 31.2 Å². The minimum absolute atomic E-state index is 0.172. The third-order valence-corrected chi connectivity index (χ3v) is 8.45. The fourth-order valence-electron chi connectivity index (χ4n) is 6.36. The van der Waals surface area contributed by atoms with Crippen LogP contribution in [0.15, 0.2) is 24.3 Å². The molecule has 2 aliphatic carbocycles. The van der Waals surface area contributed by atoms with Crippen molar-refractivity contribution in [3.8, 4) is 0 Å². The largest absolute Gasteiger partial charge is 0.203 e. The highest BCUT2D eigenvalue weighted by Crippen LogP contribution is 2.42. The molecular formula is C29H40F2. The molecule has 0 atom stereocenters. The fraction of sp³-hybridized carbons (Fsp3) is 0.655. The molecule has 2 saturated carbocycles. The topological polar surface area (TPSA) is 0 Å². The van der Waals surface area contributed by atoms with Gasteiger partial charge in [-0.15, -0.1) is 0 Å². The van der Waals surface area contributed by atoms with E-state index in [2.05, 4.69) is 6.92 Å². The molecule has 0 N–H and O–H groups in total. The van der Waals surface area contributed by atoms with Crippen molar-refractivity contribution in [1.82, 2.24) is 0 Å². The van der Waals surface area contributed by atoms with E-state index in [1.54, 1.807) is 0 Å². The molecule has 2 heteroatoms. The van der Waals surface area contributed by atoms with Crippen molar-refractivity contribution in [3.05, 3.63) is 47.0 Å². The lowest BCUT2D eigenvalue weighted by Gasteiger charge is -2.32. The van der Waals surface area contributed by atoms with Crippen molar-refractivity contribution in [3.63, 3.8) is 0 Å². The Morgan fingerprint density at radius 1 is 0.710 bits per heavy atom. The van der Waals surface area contributed by atoms with Crippen LogP contribution < -0.4 is 0 Å². The van der Waals surface area contributed by atoms with E-state index in [9.17, 15) is 8.78 Å². The van der Waals surface area contributed by atoms with Crippen molar-refractivity contribution < 1.29 is 8.78 Å². The number of benzene rings is 2. The van der Waals surface area contributed by atoms with Crippen LogP contribution in [0.3, 0.4) is 0 Å². The molecule has 0 spiro atoms. The lowest BCUT2D eigenvalue weighted by Crippen LogP contribution is -2.18. The maximum atomic E-state index is 15.0. The Labute approximate surface area is 187 Å². The maximum Gasteiger partial charge on any atom is 0.166 e. The van der Waals surface area contributed by atoms with Crippen LogP contribution in [0.1, 0.15) is 108 Å². The Morgan fingerprint density at radius 3 is 1.87 bits per heavy atom. The van der Waals surface area contributed by atoms with Crippen LogP contribution in [-0.4, -0.2) is 0 Å². The van der Waals surface area contributed by atoms with Crippen LogP contribution in [-0.2, 0) is 6.42 Å².